The summed E-state index contributed by atoms with van der Waals surface area (Å²) in [6.07, 6.45) is 8.51. The van der Waals surface area contributed by atoms with Crippen molar-refractivity contribution in [2.24, 2.45) is 11.8 Å². The van der Waals surface area contributed by atoms with Gasteiger partial charge in [-0.2, -0.15) is 0 Å². The van der Waals surface area contributed by atoms with Gasteiger partial charge in [0.15, 0.2) is 0 Å². The quantitative estimate of drug-likeness (QED) is 0.539. The molecule has 0 atom stereocenters. The Morgan fingerprint density at radius 1 is 1.29 bits per heavy atom. The molecular weight excluding hydrogens is 255 g/mol. The van der Waals surface area contributed by atoms with Gasteiger partial charge in [-0.1, -0.05) is 0 Å². The van der Waals surface area contributed by atoms with Gasteiger partial charge in [0.25, 0.3) is 0 Å². The SMILES string of the molecule is CC(C)C[Se]C(=S)CC1CCCCC1. The summed E-state index contributed by atoms with van der Waals surface area (Å²) in [5.41, 5.74) is 0. The van der Waals surface area contributed by atoms with E-state index < -0.39 is 0 Å². The first-order valence-corrected chi connectivity index (χ1v) is 8.31. The van der Waals surface area contributed by atoms with Gasteiger partial charge in [0.1, 0.15) is 0 Å². The van der Waals surface area contributed by atoms with Crippen molar-refractivity contribution in [3.63, 3.8) is 0 Å². The normalized spacial score (nSPS) is 18.8. The molecule has 0 saturated heterocycles. The van der Waals surface area contributed by atoms with Crippen molar-refractivity contribution >= 4 is 30.9 Å². The first kappa shape index (κ1) is 12.7. The summed E-state index contributed by atoms with van der Waals surface area (Å²) in [5, 5.41) is 1.35. The second-order valence-corrected chi connectivity index (χ2v) is 8.20. The molecule has 0 spiro atoms. The van der Waals surface area contributed by atoms with Gasteiger partial charge in [0, 0.05) is 0 Å². The number of thiocarbonyl (C=S) groups is 1. The Morgan fingerprint density at radius 3 is 2.50 bits per heavy atom. The van der Waals surface area contributed by atoms with E-state index in [-0.39, 0.29) is 0 Å². The monoisotopic (exact) mass is 278 g/mol. The molecule has 82 valence electrons. The summed E-state index contributed by atoms with van der Waals surface area (Å²) in [5.74, 6) is 1.78. The molecule has 0 bridgehead atoms. The predicted molar refractivity (Wildman–Crippen MR) is 69.2 cm³/mol. The van der Waals surface area contributed by atoms with Crippen LogP contribution in [-0.4, -0.2) is 18.7 Å². The van der Waals surface area contributed by atoms with Gasteiger partial charge in [0.2, 0.25) is 0 Å². The molecule has 1 saturated carbocycles. The topological polar surface area (TPSA) is 0 Å². The van der Waals surface area contributed by atoms with Crippen molar-refractivity contribution in [3.8, 4) is 0 Å². The molecule has 1 rings (SSSR count). The van der Waals surface area contributed by atoms with Gasteiger partial charge < -0.3 is 0 Å². The molecule has 0 radical (unpaired) electrons. The van der Waals surface area contributed by atoms with Gasteiger partial charge in [-0.15, -0.1) is 0 Å². The molecule has 14 heavy (non-hydrogen) atoms. The third kappa shape index (κ3) is 5.48. The molecule has 1 aliphatic carbocycles. The number of hydrogen-bond donors (Lipinski definition) is 0. The van der Waals surface area contributed by atoms with Gasteiger partial charge in [-0.3, -0.25) is 0 Å². The first-order valence-electron chi connectivity index (χ1n) is 5.84. The van der Waals surface area contributed by atoms with Crippen LogP contribution in [-0.2, 0) is 0 Å². The summed E-state index contributed by atoms with van der Waals surface area (Å²) < 4.78 is 1.40. The van der Waals surface area contributed by atoms with Crippen LogP contribution in [0.4, 0.5) is 0 Å². The Kier molecular flexibility index (Phi) is 6.32. The van der Waals surface area contributed by atoms with E-state index >= 15 is 0 Å². The summed E-state index contributed by atoms with van der Waals surface area (Å²) in [6, 6.07) is 0. The van der Waals surface area contributed by atoms with E-state index in [1.165, 1.54) is 47.6 Å². The van der Waals surface area contributed by atoms with Crippen molar-refractivity contribution in [3.05, 3.63) is 0 Å². The van der Waals surface area contributed by atoms with Gasteiger partial charge in [-0.25, -0.2) is 0 Å². The van der Waals surface area contributed by atoms with E-state index in [1.807, 2.05) is 0 Å². The van der Waals surface area contributed by atoms with E-state index in [0.717, 1.165) is 11.8 Å². The van der Waals surface area contributed by atoms with Crippen molar-refractivity contribution < 1.29 is 0 Å². The summed E-state index contributed by atoms with van der Waals surface area (Å²) in [6.45, 7) is 4.59. The average Bonchev–Trinajstić information content (AvgIpc) is 2.16. The molecule has 0 nitrogen and oxygen atoms in total. The summed E-state index contributed by atoms with van der Waals surface area (Å²) >= 11 is 6.12. The van der Waals surface area contributed by atoms with Crippen LogP contribution in [0, 0.1) is 11.8 Å². The Labute approximate surface area is 100 Å². The first-order chi connectivity index (χ1) is 6.68. The minimum atomic E-state index is 0.640. The zero-order valence-corrected chi connectivity index (χ0v) is 12.0. The van der Waals surface area contributed by atoms with Gasteiger partial charge in [0.05, 0.1) is 0 Å². The zero-order chi connectivity index (χ0) is 10.4. The Hall–Kier alpha value is 0.609. The molecule has 0 unspecified atom stereocenters. The average molecular weight is 277 g/mol. The second-order valence-electron chi connectivity index (χ2n) is 4.79. The number of rotatable bonds is 5. The van der Waals surface area contributed by atoms with Crippen molar-refractivity contribution in [2.45, 2.75) is 57.7 Å². The molecule has 0 amide bonds. The van der Waals surface area contributed by atoms with Gasteiger partial charge in [-0.05, 0) is 0 Å². The molecule has 1 fully saturated rings. The van der Waals surface area contributed by atoms with E-state index in [4.69, 9.17) is 12.2 Å². The zero-order valence-electron chi connectivity index (χ0n) is 9.42. The van der Waals surface area contributed by atoms with Crippen LogP contribution in [0.2, 0.25) is 5.32 Å². The van der Waals surface area contributed by atoms with Crippen LogP contribution in [0.25, 0.3) is 0 Å². The fourth-order valence-corrected chi connectivity index (χ4v) is 4.37. The molecule has 0 aromatic carbocycles. The predicted octanol–water partition coefficient (Wildman–Crippen LogP) is 4.06. The van der Waals surface area contributed by atoms with E-state index in [0.29, 0.717) is 15.0 Å². The summed E-state index contributed by atoms with van der Waals surface area (Å²) in [7, 11) is 0. The van der Waals surface area contributed by atoms with Crippen molar-refractivity contribution in [1.29, 1.82) is 0 Å². The minimum absolute atomic E-state index is 0.640. The second kappa shape index (κ2) is 6.98. The third-order valence-electron chi connectivity index (χ3n) is 2.76. The maximum atomic E-state index is 5.48. The van der Waals surface area contributed by atoms with Crippen LogP contribution < -0.4 is 0 Å². The molecule has 0 aromatic heterocycles. The standard InChI is InChI=1S/C12H22SSe/c1-10(2)9-14-12(13)8-11-6-4-3-5-7-11/h10-11H,3-9H2,1-2H3. The van der Waals surface area contributed by atoms with Crippen molar-refractivity contribution in [1.82, 2.24) is 0 Å². The fraction of sp³-hybridized carbons (Fsp3) is 0.917. The molecular formula is C12H22SSe. The molecule has 0 aliphatic heterocycles. The number of hydrogen-bond acceptors (Lipinski definition) is 1. The van der Waals surface area contributed by atoms with Crippen LogP contribution in [0.3, 0.4) is 0 Å². The molecule has 2 heteroatoms. The Balaban J connectivity index is 2.12. The van der Waals surface area contributed by atoms with Gasteiger partial charge >= 0.3 is 100 Å². The van der Waals surface area contributed by atoms with Crippen molar-refractivity contribution in [2.75, 3.05) is 0 Å². The van der Waals surface area contributed by atoms with Crippen LogP contribution in [0.15, 0.2) is 0 Å². The summed E-state index contributed by atoms with van der Waals surface area (Å²) in [4.78, 5) is 0. The van der Waals surface area contributed by atoms with Crippen LogP contribution in [0.5, 0.6) is 0 Å². The van der Waals surface area contributed by atoms with Crippen LogP contribution in [0.1, 0.15) is 52.4 Å². The molecule has 0 aromatic rings. The van der Waals surface area contributed by atoms with E-state index in [9.17, 15) is 0 Å². The van der Waals surface area contributed by atoms with E-state index in [2.05, 4.69) is 13.8 Å². The molecule has 1 aliphatic rings. The Bertz CT molecular complexity index is 171. The van der Waals surface area contributed by atoms with E-state index in [1.54, 1.807) is 0 Å². The van der Waals surface area contributed by atoms with Crippen LogP contribution >= 0.6 is 12.2 Å². The fourth-order valence-electron chi connectivity index (χ4n) is 1.95. The third-order valence-corrected chi connectivity index (χ3v) is 6.31. The molecule has 0 N–H and O–H groups in total. The molecule has 0 heterocycles. The maximum absolute atomic E-state index is 5.48. The Morgan fingerprint density at radius 2 is 1.93 bits per heavy atom.